The van der Waals surface area contributed by atoms with E-state index in [0.29, 0.717) is 31.9 Å². The molecule has 1 N–H and O–H groups in total. The van der Waals surface area contributed by atoms with Crippen molar-refractivity contribution in [1.29, 1.82) is 0 Å². The number of carbonyl (C=O) groups is 1. The molecule has 0 aliphatic carbocycles. The number of amides is 2. The van der Waals surface area contributed by atoms with Crippen LogP contribution in [0.2, 0.25) is 0 Å². The lowest BCUT2D eigenvalue weighted by molar-refractivity contribution is 0.208. The second-order valence-electron chi connectivity index (χ2n) is 6.33. The zero-order valence-corrected chi connectivity index (χ0v) is 15.7. The first-order valence-electron chi connectivity index (χ1n) is 9.25. The summed E-state index contributed by atoms with van der Waals surface area (Å²) in [6.07, 6.45) is 0. The Morgan fingerprint density at radius 2 is 1.70 bits per heavy atom. The molecule has 1 saturated heterocycles. The van der Waals surface area contributed by atoms with E-state index in [1.165, 1.54) is 12.1 Å². The van der Waals surface area contributed by atoms with E-state index in [1.54, 1.807) is 17.0 Å². The van der Waals surface area contributed by atoms with Gasteiger partial charge in [-0.25, -0.2) is 9.18 Å². The number of anilines is 3. The second-order valence-corrected chi connectivity index (χ2v) is 6.33. The zero-order chi connectivity index (χ0) is 19.2. The first kappa shape index (κ1) is 18.9. The molecule has 2 amide bonds. The van der Waals surface area contributed by atoms with E-state index < -0.39 is 0 Å². The van der Waals surface area contributed by atoms with E-state index in [4.69, 9.17) is 0 Å². The fraction of sp³-hybridized carbons (Fsp3) is 0.421. The van der Waals surface area contributed by atoms with Crippen LogP contribution in [-0.2, 0) is 0 Å². The third-order valence-corrected chi connectivity index (χ3v) is 4.71. The van der Waals surface area contributed by atoms with Gasteiger partial charge in [-0.2, -0.15) is 0 Å². The van der Waals surface area contributed by atoms with Gasteiger partial charge in [0, 0.05) is 45.0 Å². The maximum atomic E-state index is 13.0. The predicted molar refractivity (Wildman–Crippen MR) is 105 cm³/mol. The Bertz CT molecular complexity index is 740. The molecule has 144 valence electrons. The molecule has 27 heavy (non-hydrogen) atoms. The summed E-state index contributed by atoms with van der Waals surface area (Å²) in [5.74, 6) is 1.38. The van der Waals surface area contributed by atoms with Crippen LogP contribution >= 0.6 is 0 Å². The highest BCUT2D eigenvalue weighted by molar-refractivity contribution is 5.89. The summed E-state index contributed by atoms with van der Waals surface area (Å²) in [5.41, 5.74) is 0.585. The zero-order valence-electron chi connectivity index (χ0n) is 15.7. The number of halogens is 1. The van der Waals surface area contributed by atoms with Gasteiger partial charge in [0.25, 0.3) is 0 Å². The lowest BCUT2D eigenvalue weighted by Crippen LogP contribution is -2.50. The van der Waals surface area contributed by atoms with Crippen molar-refractivity contribution in [2.45, 2.75) is 13.8 Å². The Labute approximate surface area is 158 Å². The Morgan fingerprint density at radius 3 is 2.26 bits per heavy atom. The van der Waals surface area contributed by atoms with E-state index in [9.17, 15) is 9.18 Å². The third kappa shape index (κ3) is 4.64. The topological polar surface area (TPSA) is 64.6 Å². The molecule has 1 aliphatic rings. The molecule has 0 atom stereocenters. The normalized spacial score (nSPS) is 14.2. The average Bonchev–Trinajstić information content (AvgIpc) is 2.71. The van der Waals surface area contributed by atoms with Crippen LogP contribution in [0.5, 0.6) is 0 Å². The molecule has 0 bridgehead atoms. The highest BCUT2D eigenvalue weighted by atomic mass is 19.1. The molecule has 3 rings (SSSR count). The summed E-state index contributed by atoms with van der Waals surface area (Å²) in [6, 6.07) is 9.55. The fourth-order valence-electron chi connectivity index (χ4n) is 3.08. The highest BCUT2D eigenvalue weighted by Crippen LogP contribution is 2.17. The van der Waals surface area contributed by atoms with Crippen molar-refractivity contribution in [3.63, 3.8) is 0 Å². The average molecular weight is 372 g/mol. The maximum absolute atomic E-state index is 13.0. The number of nitrogens with zero attached hydrogens (tertiary/aromatic N) is 5. The minimum absolute atomic E-state index is 0.177. The standard InChI is InChI=1S/C19H25FN6O/c1-3-24(4-2)17-9-10-18(23-22-17)25-11-13-26(14-12-25)19(27)21-16-7-5-15(20)6-8-16/h5-10H,3-4,11-14H2,1-2H3,(H,21,27). The number of nitrogens with one attached hydrogen (secondary N) is 1. The van der Waals surface area contributed by atoms with Gasteiger partial charge in [0.15, 0.2) is 11.6 Å². The van der Waals surface area contributed by atoms with Crippen LogP contribution in [0.25, 0.3) is 0 Å². The van der Waals surface area contributed by atoms with Crippen LogP contribution in [-0.4, -0.2) is 60.4 Å². The molecule has 0 saturated carbocycles. The minimum Gasteiger partial charge on any atom is -0.356 e. The summed E-state index contributed by atoms with van der Waals surface area (Å²) in [5, 5.41) is 11.5. The number of hydrogen-bond donors (Lipinski definition) is 1. The predicted octanol–water partition coefficient (Wildman–Crippen LogP) is 2.82. The van der Waals surface area contributed by atoms with Crippen molar-refractivity contribution < 1.29 is 9.18 Å². The van der Waals surface area contributed by atoms with Gasteiger partial charge >= 0.3 is 6.03 Å². The largest absolute Gasteiger partial charge is 0.356 e. The number of aromatic nitrogens is 2. The lowest BCUT2D eigenvalue weighted by atomic mass is 10.3. The van der Waals surface area contributed by atoms with Crippen molar-refractivity contribution in [3.8, 4) is 0 Å². The quantitative estimate of drug-likeness (QED) is 0.874. The monoisotopic (exact) mass is 372 g/mol. The second kappa shape index (κ2) is 8.66. The fourth-order valence-corrected chi connectivity index (χ4v) is 3.08. The molecule has 2 heterocycles. The van der Waals surface area contributed by atoms with E-state index in [0.717, 1.165) is 24.7 Å². The van der Waals surface area contributed by atoms with Crippen molar-refractivity contribution in [3.05, 3.63) is 42.2 Å². The SMILES string of the molecule is CCN(CC)c1ccc(N2CCN(C(=O)Nc3ccc(F)cc3)CC2)nn1. The molecule has 1 fully saturated rings. The molecular weight excluding hydrogens is 347 g/mol. The van der Waals surface area contributed by atoms with E-state index in [-0.39, 0.29) is 11.8 Å². The summed E-state index contributed by atoms with van der Waals surface area (Å²) < 4.78 is 13.0. The summed E-state index contributed by atoms with van der Waals surface area (Å²) >= 11 is 0. The molecule has 1 aliphatic heterocycles. The number of rotatable bonds is 5. The molecule has 1 aromatic carbocycles. The van der Waals surface area contributed by atoms with Crippen LogP contribution in [0.1, 0.15) is 13.8 Å². The summed E-state index contributed by atoms with van der Waals surface area (Å²) in [4.78, 5) is 18.4. The molecule has 8 heteroatoms. The molecule has 2 aromatic rings. The maximum Gasteiger partial charge on any atom is 0.321 e. The Morgan fingerprint density at radius 1 is 1.04 bits per heavy atom. The van der Waals surface area contributed by atoms with Gasteiger partial charge in [-0.05, 0) is 50.2 Å². The Kier molecular flexibility index (Phi) is 6.05. The lowest BCUT2D eigenvalue weighted by Gasteiger charge is -2.35. The van der Waals surface area contributed by atoms with Gasteiger partial charge < -0.3 is 20.0 Å². The van der Waals surface area contributed by atoms with Crippen LogP contribution in [0.15, 0.2) is 36.4 Å². The number of carbonyl (C=O) groups excluding carboxylic acids is 1. The van der Waals surface area contributed by atoms with Gasteiger partial charge in [0.05, 0.1) is 0 Å². The van der Waals surface area contributed by atoms with Gasteiger partial charge in [0.2, 0.25) is 0 Å². The minimum atomic E-state index is -0.324. The first-order valence-corrected chi connectivity index (χ1v) is 9.25. The number of hydrogen-bond acceptors (Lipinski definition) is 5. The van der Waals surface area contributed by atoms with Crippen molar-refractivity contribution >= 4 is 23.4 Å². The van der Waals surface area contributed by atoms with Gasteiger partial charge in [-0.15, -0.1) is 10.2 Å². The third-order valence-electron chi connectivity index (χ3n) is 4.71. The molecule has 7 nitrogen and oxygen atoms in total. The van der Waals surface area contributed by atoms with E-state index in [2.05, 4.69) is 39.2 Å². The number of piperazine rings is 1. The summed E-state index contributed by atoms with van der Waals surface area (Å²) in [7, 11) is 0. The molecular formula is C19H25FN6O. The first-order chi connectivity index (χ1) is 13.1. The molecule has 1 aromatic heterocycles. The van der Waals surface area contributed by atoms with E-state index in [1.807, 2.05) is 12.1 Å². The molecule has 0 spiro atoms. The van der Waals surface area contributed by atoms with Crippen LogP contribution in [0.4, 0.5) is 26.5 Å². The van der Waals surface area contributed by atoms with Crippen molar-refractivity contribution in [1.82, 2.24) is 15.1 Å². The number of urea groups is 1. The summed E-state index contributed by atoms with van der Waals surface area (Å²) in [6.45, 7) is 8.54. The smallest absolute Gasteiger partial charge is 0.321 e. The molecule has 0 unspecified atom stereocenters. The van der Waals surface area contributed by atoms with Gasteiger partial charge in [-0.3, -0.25) is 0 Å². The van der Waals surface area contributed by atoms with Gasteiger partial charge in [-0.1, -0.05) is 0 Å². The Balaban J connectivity index is 1.53. The van der Waals surface area contributed by atoms with Crippen LogP contribution in [0, 0.1) is 5.82 Å². The van der Waals surface area contributed by atoms with E-state index >= 15 is 0 Å². The van der Waals surface area contributed by atoms with Crippen LogP contribution in [0.3, 0.4) is 0 Å². The Hall–Kier alpha value is -2.90. The highest BCUT2D eigenvalue weighted by Gasteiger charge is 2.22. The van der Waals surface area contributed by atoms with Crippen molar-refractivity contribution in [2.75, 3.05) is 54.4 Å². The molecule has 0 radical (unpaired) electrons. The van der Waals surface area contributed by atoms with Crippen molar-refractivity contribution in [2.24, 2.45) is 0 Å². The van der Waals surface area contributed by atoms with Crippen LogP contribution < -0.4 is 15.1 Å². The van der Waals surface area contributed by atoms with Gasteiger partial charge in [0.1, 0.15) is 5.82 Å². The number of benzene rings is 1.